The predicted molar refractivity (Wildman–Crippen MR) is 58.0 cm³/mol. The molecule has 0 N–H and O–H groups in total. The van der Waals surface area contributed by atoms with Gasteiger partial charge in [-0.05, 0) is 37.0 Å². The van der Waals surface area contributed by atoms with Crippen molar-refractivity contribution in [3.8, 4) is 0 Å². The van der Waals surface area contributed by atoms with Gasteiger partial charge in [0.25, 0.3) is 0 Å². The Morgan fingerprint density at radius 1 is 1.36 bits per heavy atom. The Kier molecular flexibility index (Phi) is 2.54. The molecular formula is C11H10Cl2O. The van der Waals surface area contributed by atoms with E-state index in [2.05, 4.69) is 0 Å². The molecule has 0 amide bonds. The highest BCUT2D eigenvalue weighted by Gasteiger charge is 2.41. The lowest BCUT2D eigenvalue weighted by Crippen LogP contribution is -1.94. The number of Topliss-reactive ketones (excluding diaryl/α,β-unsaturated/α-hetero) is 1. The Morgan fingerprint density at radius 2 is 2.07 bits per heavy atom. The average molecular weight is 229 g/mol. The average Bonchev–Trinajstić information content (AvgIpc) is 2.89. The lowest BCUT2D eigenvalue weighted by molar-refractivity contribution is -0.118. The molecule has 1 fully saturated rings. The first-order valence-electron chi connectivity index (χ1n) is 4.55. The Bertz CT molecular complexity index is 387. The summed E-state index contributed by atoms with van der Waals surface area (Å²) in [5.74, 6) is 0.829. The van der Waals surface area contributed by atoms with E-state index in [0.717, 1.165) is 12.0 Å². The minimum atomic E-state index is 0.201. The first-order chi connectivity index (χ1) is 6.59. The second-order valence-corrected chi connectivity index (χ2v) is 4.55. The van der Waals surface area contributed by atoms with Gasteiger partial charge in [0.2, 0.25) is 0 Å². The fourth-order valence-corrected chi connectivity index (χ4v) is 2.06. The van der Waals surface area contributed by atoms with Crippen molar-refractivity contribution in [1.82, 2.24) is 0 Å². The number of carbonyl (C=O) groups is 1. The minimum absolute atomic E-state index is 0.201. The minimum Gasteiger partial charge on any atom is -0.300 e. The zero-order valence-electron chi connectivity index (χ0n) is 7.76. The molecule has 1 aliphatic rings. The summed E-state index contributed by atoms with van der Waals surface area (Å²) in [5, 5.41) is 1.13. The van der Waals surface area contributed by atoms with Crippen molar-refractivity contribution in [1.29, 1.82) is 0 Å². The molecule has 1 aliphatic carbocycles. The summed E-state index contributed by atoms with van der Waals surface area (Å²) < 4.78 is 0. The van der Waals surface area contributed by atoms with Crippen LogP contribution in [0.2, 0.25) is 10.0 Å². The Hall–Kier alpha value is -0.530. The van der Waals surface area contributed by atoms with Crippen LogP contribution in [0.5, 0.6) is 0 Å². The van der Waals surface area contributed by atoms with Gasteiger partial charge in [0.05, 0.1) is 10.0 Å². The molecule has 0 aliphatic heterocycles. The van der Waals surface area contributed by atoms with Crippen LogP contribution in [-0.2, 0) is 4.79 Å². The summed E-state index contributed by atoms with van der Waals surface area (Å²) in [7, 11) is 0. The molecule has 0 radical (unpaired) electrons. The Morgan fingerprint density at radius 3 is 2.57 bits per heavy atom. The van der Waals surface area contributed by atoms with Gasteiger partial charge in [0.15, 0.2) is 0 Å². The maximum absolute atomic E-state index is 11.1. The van der Waals surface area contributed by atoms with Crippen molar-refractivity contribution in [2.75, 3.05) is 0 Å². The van der Waals surface area contributed by atoms with Gasteiger partial charge in [-0.3, -0.25) is 4.79 Å². The SMILES string of the molecule is CC(=O)[C@@H]1C[C@@H]1c1ccc(Cl)c(Cl)c1. The monoisotopic (exact) mass is 228 g/mol. The van der Waals surface area contributed by atoms with Crippen molar-refractivity contribution in [3.63, 3.8) is 0 Å². The number of halogens is 2. The molecule has 2 rings (SSSR count). The molecule has 0 aromatic heterocycles. The van der Waals surface area contributed by atoms with Gasteiger partial charge in [-0.25, -0.2) is 0 Å². The molecular weight excluding hydrogens is 219 g/mol. The van der Waals surface area contributed by atoms with Crippen molar-refractivity contribution in [2.24, 2.45) is 5.92 Å². The predicted octanol–water partition coefficient (Wildman–Crippen LogP) is 3.69. The molecule has 3 heteroatoms. The number of hydrogen-bond acceptors (Lipinski definition) is 1. The van der Waals surface area contributed by atoms with E-state index in [4.69, 9.17) is 23.2 Å². The van der Waals surface area contributed by atoms with Crippen LogP contribution in [0.4, 0.5) is 0 Å². The standard InChI is InChI=1S/C11H10Cl2O/c1-6(14)8-5-9(8)7-2-3-10(12)11(13)4-7/h2-4,8-9H,5H2,1H3/t8-,9+/m0/s1. The second-order valence-electron chi connectivity index (χ2n) is 3.73. The van der Waals surface area contributed by atoms with Crippen LogP contribution in [-0.4, -0.2) is 5.78 Å². The number of rotatable bonds is 2. The zero-order valence-corrected chi connectivity index (χ0v) is 9.27. The van der Waals surface area contributed by atoms with Crippen molar-refractivity contribution >= 4 is 29.0 Å². The van der Waals surface area contributed by atoms with Gasteiger partial charge in [-0.1, -0.05) is 29.3 Å². The van der Waals surface area contributed by atoms with Crippen LogP contribution in [0.25, 0.3) is 0 Å². The van der Waals surface area contributed by atoms with E-state index in [0.29, 0.717) is 16.0 Å². The molecule has 0 bridgehead atoms. The lowest BCUT2D eigenvalue weighted by atomic mass is 10.1. The summed E-state index contributed by atoms with van der Waals surface area (Å²) in [5.41, 5.74) is 1.12. The first-order valence-corrected chi connectivity index (χ1v) is 5.30. The lowest BCUT2D eigenvalue weighted by Gasteiger charge is -2.01. The van der Waals surface area contributed by atoms with Crippen LogP contribution in [0, 0.1) is 5.92 Å². The molecule has 1 nitrogen and oxygen atoms in total. The molecule has 0 unspecified atom stereocenters. The quantitative estimate of drug-likeness (QED) is 0.755. The summed E-state index contributed by atoms with van der Waals surface area (Å²) in [6.45, 7) is 1.64. The van der Waals surface area contributed by atoms with E-state index in [1.54, 1.807) is 13.0 Å². The fourth-order valence-electron chi connectivity index (χ4n) is 1.76. The number of ketones is 1. The van der Waals surface area contributed by atoms with Crippen molar-refractivity contribution in [2.45, 2.75) is 19.3 Å². The molecule has 1 saturated carbocycles. The zero-order chi connectivity index (χ0) is 10.3. The number of carbonyl (C=O) groups excluding carboxylic acids is 1. The van der Waals surface area contributed by atoms with Crippen LogP contribution < -0.4 is 0 Å². The maximum atomic E-state index is 11.1. The normalized spacial score (nSPS) is 24.8. The molecule has 1 aromatic carbocycles. The molecule has 1 aromatic rings. The van der Waals surface area contributed by atoms with Crippen molar-refractivity contribution < 1.29 is 4.79 Å². The molecule has 0 heterocycles. The summed E-state index contributed by atoms with van der Waals surface area (Å²) in [6.07, 6.45) is 0.952. The third-order valence-electron chi connectivity index (χ3n) is 2.68. The summed E-state index contributed by atoms with van der Waals surface area (Å²) in [6, 6.07) is 5.59. The van der Waals surface area contributed by atoms with Crippen LogP contribution in [0.15, 0.2) is 18.2 Å². The van der Waals surface area contributed by atoms with E-state index >= 15 is 0 Å². The topological polar surface area (TPSA) is 17.1 Å². The van der Waals surface area contributed by atoms with Crippen molar-refractivity contribution in [3.05, 3.63) is 33.8 Å². The van der Waals surface area contributed by atoms with Gasteiger partial charge < -0.3 is 0 Å². The van der Waals surface area contributed by atoms with E-state index < -0.39 is 0 Å². The highest BCUT2D eigenvalue weighted by atomic mass is 35.5. The third kappa shape index (κ3) is 1.79. The number of benzene rings is 1. The van der Waals surface area contributed by atoms with Crippen LogP contribution >= 0.6 is 23.2 Å². The second kappa shape index (κ2) is 3.56. The molecule has 14 heavy (non-hydrogen) atoms. The highest BCUT2D eigenvalue weighted by Crippen LogP contribution is 2.48. The smallest absolute Gasteiger partial charge is 0.133 e. The van der Waals surface area contributed by atoms with Gasteiger partial charge >= 0.3 is 0 Å². The van der Waals surface area contributed by atoms with Gasteiger partial charge in [0, 0.05) is 5.92 Å². The molecule has 74 valence electrons. The van der Waals surface area contributed by atoms with E-state index in [1.807, 2.05) is 12.1 Å². The largest absolute Gasteiger partial charge is 0.300 e. The number of hydrogen-bond donors (Lipinski definition) is 0. The molecule has 2 atom stereocenters. The van der Waals surface area contributed by atoms with Crippen LogP contribution in [0.3, 0.4) is 0 Å². The van der Waals surface area contributed by atoms with Gasteiger partial charge in [-0.2, -0.15) is 0 Å². The van der Waals surface area contributed by atoms with Crippen LogP contribution in [0.1, 0.15) is 24.8 Å². The third-order valence-corrected chi connectivity index (χ3v) is 3.42. The maximum Gasteiger partial charge on any atom is 0.133 e. The molecule has 0 spiro atoms. The fraction of sp³-hybridized carbons (Fsp3) is 0.364. The molecule has 0 saturated heterocycles. The Labute approximate surface area is 93.0 Å². The van der Waals surface area contributed by atoms with E-state index in [-0.39, 0.29) is 11.7 Å². The summed E-state index contributed by atoms with van der Waals surface area (Å²) in [4.78, 5) is 11.1. The van der Waals surface area contributed by atoms with Gasteiger partial charge in [-0.15, -0.1) is 0 Å². The highest BCUT2D eigenvalue weighted by molar-refractivity contribution is 6.42. The van der Waals surface area contributed by atoms with E-state index in [1.165, 1.54) is 0 Å². The summed E-state index contributed by atoms with van der Waals surface area (Å²) >= 11 is 11.7. The first kappa shape index (κ1) is 10.0. The Balaban J connectivity index is 2.20. The van der Waals surface area contributed by atoms with E-state index in [9.17, 15) is 4.79 Å². The van der Waals surface area contributed by atoms with Gasteiger partial charge in [0.1, 0.15) is 5.78 Å².